The highest BCUT2D eigenvalue weighted by atomic mass is 16.2. The number of nitrogens with zero attached hydrogens (tertiary/aromatic N) is 5. The SMILES string of the molecule is CC(C)(/C=C/n1ncc(C(=O)N[C@H]2C3CC4CC2C[C@](C(N)=O)(C4)C3)c1-n1cccn1)CC#N. The monoisotopic (exact) mass is 461 g/mol. The van der Waals surface area contributed by atoms with Gasteiger partial charge in [-0.05, 0) is 61.3 Å². The topological polar surface area (TPSA) is 132 Å². The second kappa shape index (κ2) is 8.12. The Labute approximate surface area is 199 Å². The first-order valence-corrected chi connectivity index (χ1v) is 12.0. The molecule has 178 valence electrons. The third-order valence-corrected chi connectivity index (χ3v) is 8.03. The van der Waals surface area contributed by atoms with Gasteiger partial charge < -0.3 is 11.1 Å². The van der Waals surface area contributed by atoms with Gasteiger partial charge in [0.15, 0.2) is 5.82 Å². The number of primary amides is 1. The second-order valence-electron chi connectivity index (χ2n) is 11.0. The summed E-state index contributed by atoms with van der Waals surface area (Å²) in [4.78, 5) is 25.8. The molecule has 2 heterocycles. The third-order valence-electron chi connectivity index (χ3n) is 8.03. The number of nitrogens with one attached hydrogen (secondary N) is 1. The van der Waals surface area contributed by atoms with E-state index in [0.717, 1.165) is 32.1 Å². The van der Waals surface area contributed by atoms with E-state index >= 15 is 0 Å². The average molecular weight is 462 g/mol. The number of hydrogen-bond acceptors (Lipinski definition) is 5. The smallest absolute Gasteiger partial charge is 0.257 e. The molecule has 2 aromatic rings. The maximum absolute atomic E-state index is 13.5. The van der Waals surface area contributed by atoms with Crippen LogP contribution in [0, 0.1) is 39.9 Å². The van der Waals surface area contributed by atoms with Crippen LogP contribution in [-0.2, 0) is 4.79 Å². The van der Waals surface area contributed by atoms with Crippen LogP contribution in [0.25, 0.3) is 12.0 Å². The molecule has 34 heavy (non-hydrogen) atoms. The fourth-order valence-corrected chi connectivity index (χ4v) is 6.57. The number of nitrogens with two attached hydrogens (primary N) is 1. The summed E-state index contributed by atoms with van der Waals surface area (Å²) in [5, 5.41) is 21.1. The molecule has 9 heteroatoms. The minimum absolute atomic E-state index is 0.0375. The Bertz CT molecular complexity index is 1150. The lowest BCUT2D eigenvalue weighted by molar-refractivity contribution is -0.145. The van der Waals surface area contributed by atoms with E-state index in [4.69, 9.17) is 11.0 Å². The Morgan fingerprint density at radius 1 is 1.29 bits per heavy atom. The first-order chi connectivity index (χ1) is 16.2. The van der Waals surface area contributed by atoms with Crippen molar-refractivity contribution in [2.24, 2.45) is 34.3 Å². The van der Waals surface area contributed by atoms with Gasteiger partial charge in [-0.2, -0.15) is 15.5 Å². The van der Waals surface area contributed by atoms with E-state index in [-0.39, 0.29) is 40.5 Å². The van der Waals surface area contributed by atoms with Gasteiger partial charge in [-0.3, -0.25) is 9.59 Å². The van der Waals surface area contributed by atoms with Gasteiger partial charge in [0.05, 0.1) is 12.3 Å². The molecule has 4 fully saturated rings. The van der Waals surface area contributed by atoms with Gasteiger partial charge in [-0.1, -0.05) is 19.9 Å². The maximum Gasteiger partial charge on any atom is 0.257 e. The molecule has 0 aliphatic heterocycles. The summed E-state index contributed by atoms with van der Waals surface area (Å²) in [5.74, 6) is 1.26. The predicted octanol–water partition coefficient (Wildman–Crippen LogP) is 2.89. The van der Waals surface area contributed by atoms with Crippen molar-refractivity contribution in [2.45, 2.75) is 58.4 Å². The van der Waals surface area contributed by atoms with E-state index in [9.17, 15) is 9.59 Å². The van der Waals surface area contributed by atoms with Crippen LogP contribution in [0.2, 0.25) is 0 Å². The molecule has 0 spiro atoms. The van der Waals surface area contributed by atoms with Crippen LogP contribution in [0.3, 0.4) is 0 Å². The van der Waals surface area contributed by atoms with Crippen molar-refractivity contribution in [1.82, 2.24) is 24.9 Å². The van der Waals surface area contributed by atoms with E-state index in [1.165, 1.54) is 0 Å². The lowest BCUT2D eigenvalue weighted by Gasteiger charge is -2.58. The standard InChI is InChI=1S/C25H31N7O2/c1-24(2,4-6-26)5-9-32-22(31-8-3-7-28-31)19(15-29-32)21(33)30-20-17-10-16-11-18(20)14-25(12-16,13-17)23(27)34/h3,5,7-9,15-18,20H,4,10-14H2,1-2H3,(H2,27,34)(H,30,33)/b9-5+/t16?,17?,18?,20-,25-. The second-order valence-corrected chi connectivity index (χ2v) is 11.0. The highest BCUT2D eigenvalue weighted by Crippen LogP contribution is 2.59. The van der Waals surface area contributed by atoms with Crippen molar-refractivity contribution in [3.63, 3.8) is 0 Å². The van der Waals surface area contributed by atoms with E-state index < -0.39 is 0 Å². The minimum atomic E-state index is -0.385. The van der Waals surface area contributed by atoms with Crippen LogP contribution in [0.4, 0.5) is 0 Å². The largest absolute Gasteiger partial charge is 0.369 e. The van der Waals surface area contributed by atoms with Gasteiger partial charge in [-0.15, -0.1) is 0 Å². The summed E-state index contributed by atoms with van der Waals surface area (Å²) in [6.45, 7) is 3.95. The van der Waals surface area contributed by atoms with Crippen LogP contribution in [0.5, 0.6) is 0 Å². The molecule has 3 N–H and O–H groups in total. The molecule has 6 rings (SSSR count). The number of hydrogen-bond donors (Lipinski definition) is 2. The number of allylic oxidation sites excluding steroid dienone is 1. The third kappa shape index (κ3) is 3.81. The Morgan fingerprint density at radius 3 is 2.65 bits per heavy atom. The van der Waals surface area contributed by atoms with Gasteiger partial charge in [0.1, 0.15) is 5.56 Å². The Balaban J connectivity index is 1.41. The van der Waals surface area contributed by atoms with Crippen LogP contribution >= 0.6 is 0 Å². The summed E-state index contributed by atoms with van der Waals surface area (Å²) in [6, 6.07) is 4.03. The molecule has 4 saturated carbocycles. The molecule has 2 amide bonds. The van der Waals surface area contributed by atoms with Gasteiger partial charge in [0, 0.05) is 36.5 Å². The molecule has 9 nitrogen and oxygen atoms in total. The molecule has 4 aliphatic carbocycles. The van der Waals surface area contributed by atoms with Crippen molar-refractivity contribution < 1.29 is 9.59 Å². The molecule has 0 radical (unpaired) electrons. The quantitative estimate of drug-likeness (QED) is 0.654. The number of aromatic nitrogens is 4. The van der Waals surface area contributed by atoms with Crippen molar-refractivity contribution in [3.05, 3.63) is 36.3 Å². The Kier molecular flexibility index (Phi) is 5.34. The van der Waals surface area contributed by atoms with E-state index in [2.05, 4.69) is 21.6 Å². The van der Waals surface area contributed by atoms with E-state index in [0.29, 0.717) is 23.7 Å². The molecule has 2 unspecified atom stereocenters. The molecule has 2 aromatic heterocycles. The van der Waals surface area contributed by atoms with Gasteiger partial charge in [-0.25, -0.2) is 9.36 Å². The van der Waals surface area contributed by atoms with Crippen LogP contribution in [0.15, 0.2) is 30.7 Å². The van der Waals surface area contributed by atoms with E-state index in [1.54, 1.807) is 40.2 Å². The number of amides is 2. The van der Waals surface area contributed by atoms with Gasteiger partial charge in [0.25, 0.3) is 5.91 Å². The average Bonchev–Trinajstić information content (AvgIpc) is 3.43. The molecule has 2 atom stereocenters. The molecule has 0 saturated heterocycles. The Morgan fingerprint density at radius 2 is 2.03 bits per heavy atom. The fourth-order valence-electron chi connectivity index (χ4n) is 6.57. The van der Waals surface area contributed by atoms with Crippen molar-refractivity contribution >= 4 is 18.0 Å². The normalized spacial score (nSPS) is 29.9. The zero-order valence-corrected chi connectivity index (χ0v) is 19.6. The van der Waals surface area contributed by atoms with Crippen LogP contribution in [0.1, 0.15) is 62.7 Å². The number of rotatable bonds is 7. The van der Waals surface area contributed by atoms with Crippen LogP contribution in [-0.4, -0.2) is 37.4 Å². The molecular formula is C25H31N7O2. The summed E-state index contributed by atoms with van der Waals surface area (Å²) in [5.41, 5.74) is 5.53. The summed E-state index contributed by atoms with van der Waals surface area (Å²) in [7, 11) is 0. The lowest BCUT2D eigenvalue weighted by Crippen LogP contribution is -2.62. The van der Waals surface area contributed by atoms with Gasteiger partial charge in [0.2, 0.25) is 5.91 Å². The summed E-state index contributed by atoms with van der Waals surface area (Å²) in [6.07, 6.45) is 13.6. The van der Waals surface area contributed by atoms with E-state index in [1.807, 2.05) is 19.9 Å². The molecule has 0 aromatic carbocycles. The maximum atomic E-state index is 13.5. The van der Waals surface area contributed by atoms with Gasteiger partial charge >= 0.3 is 0 Å². The highest BCUT2D eigenvalue weighted by Gasteiger charge is 2.58. The zero-order chi connectivity index (χ0) is 24.1. The summed E-state index contributed by atoms with van der Waals surface area (Å²) >= 11 is 0. The highest BCUT2D eigenvalue weighted by molar-refractivity contribution is 5.97. The number of nitriles is 1. The molecular weight excluding hydrogens is 430 g/mol. The molecule has 4 aliphatic rings. The lowest BCUT2D eigenvalue weighted by atomic mass is 9.47. The fraction of sp³-hybridized carbons (Fsp3) is 0.560. The first kappa shape index (κ1) is 22.4. The Hall–Kier alpha value is -3.41. The van der Waals surface area contributed by atoms with Crippen molar-refractivity contribution in [2.75, 3.05) is 0 Å². The number of carbonyl (C=O) groups is 2. The van der Waals surface area contributed by atoms with Crippen molar-refractivity contribution in [1.29, 1.82) is 5.26 Å². The predicted molar refractivity (Wildman–Crippen MR) is 125 cm³/mol. The van der Waals surface area contributed by atoms with Crippen molar-refractivity contribution in [3.8, 4) is 11.9 Å². The minimum Gasteiger partial charge on any atom is -0.369 e. The zero-order valence-electron chi connectivity index (χ0n) is 19.6. The summed E-state index contributed by atoms with van der Waals surface area (Å²) < 4.78 is 3.25. The first-order valence-electron chi connectivity index (χ1n) is 12.0. The number of carbonyl (C=O) groups excluding carboxylic acids is 2. The van der Waals surface area contributed by atoms with Crippen LogP contribution < -0.4 is 11.1 Å². The molecule has 4 bridgehead atoms.